The summed E-state index contributed by atoms with van der Waals surface area (Å²) in [6.45, 7) is 1.90. The molecule has 1 saturated heterocycles. The lowest BCUT2D eigenvalue weighted by Gasteiger charge is -2.32. The Morgan fingerprint density at radius 3 is 3.05 bits per heavy atom. The van der Waals surface area contributed by atoms with Crippen molar-refractivity contribution < 1.29 is 9.53 Å². The molecule has 1 unspecified atom stereocenters. The molecule has 3 N–H and O–H groups in total. The van der Waals surface area contributed by atoms with Gasteiger partial charge in [0.25, 0.3) is 0 Å². The molecule has 1 atom stereocenters. The van der Waals surface area contributed by atoms with Crippen molar-refractivity contribution >= 4 is 17.5 Å². The number of anilines is 2. The lowest BCUT2D eigenvalue weighted by molar-refractivity contribution is 0.0594. The van der Waals surface area contributed by atoms with Gasteiger partial charge in [-0.25, -0.2) is 9.78 Å². The number of piperidine rings is 1. The number of carbonyl (C=O) groups is 1. The monoisotopic (exact) mass is 278 g/mol. The molecule has 0 saturated carbocycles. The Morgan fingerprint density at radius 1 is 1.55 bits per heavy atom. The van der Waals surface area contributed by atoms with Crippen LogP contribution in [0.5, 0.6) is 0 Å². The van der Waals surface area contributed by atoms with Gasteiger partial charge in [0.1, 0.15) is 5.82 Å². The van der Waals surface area contributed by atoms with Crippen LogP contribution in [0, 0.1) is 0 Å². The van der Waals surface area contributed by atoms with Gasteiger partial charge in [-0.2, -0.15) is 0 Å². The lowest BCUT2D eigenvalue weighted by atomic mass is 10.0. The van der Waals surface area contributed by atoms with Gasteiger partial charge in [0.15, 0.2) is 5.69 Å². The topological polar surface area (TPSA) is 80.5 Å². The molecule has 2 heterocycles. The molecule has 2 rings (SSSR count). The molecular formula is C14H22N4O2. The van der Waals surface area contributed by atoms with Crippen LogP contribution in [-0.2, 0) is 4.74 Å². The fourth-order valence-corrected chi connectivity index (χ4v) is 2.45. The number of nitrogens with zero attached hydrogens (tertiary/aromatic N) is 2. The minimum Gasteiger partial charge on any atom is -0.464 e. The molecule has 20 heavy (non-hydrogen) atoms. The number of likely N-dealkylation sites (N-methyl/N-ethyl adjacent to an activating group) is 1. The predicted molar refractivity (Wildman–Crippen MR) is 78.7 cm³/mol. The Balaban J connectivity index is 2.02. The molecule has 110 valence electrons. The summed E-state index contributed by atoms with van der Waals surface area (Å²) in [5.41, 5.74) is 6.69. The number of likely N-dealkylation sites (tertiary alicyclic amines) is 1. The molecule has 0 amide bonds. The van der Waals surface area contributed by atoms with Crippen LogP contribution in [0.2, 0.25) is 0 Å². The van der Waals surface area contributed by atoms with Crippen molar-refractivity contribution in [3.05, 3.63) is 17.8 Å². The lowest BCUT2D eigenvalue weighted by Crippen LogP contribution is -2.41. The highest BCUT2D eigenvalue weighted by atomic mass is 16.5. The van der Waals surface area contributed by atoms with Crippen LogP contribution in [0.25, 0.3) is 0 Å². The molecule has 1 aliphatic heterocycles. The Kier molecular flexibility index (Phi) is 4.79. The number of esters is 1. The highest BCUT2D eigenvalue weighted by Crippen LogP contribution is 2.19. The van der Waals surface area contributed by atoms with Crippen LogP contribution in [-0.4, -0.2) is 49.1 Å². The maximum absolute atomic E-state index is 11.5. The van der Waals surface area contributed by atoms with Crippen molar-refractivity contribution in [2.45, 2.75) is 25.3 Å². The van der Waals surface area contributed by atoms with Crippen molar-refractivity contribution in [2.75, 3.05) is 38.3 Å². The SMILES string of the molecule is COC(=O)c1ccc(N)c(NCC2CCCCN2C)n1. The minimum absolute atomic E-state index is 0.265. The third-order valence-electron chi connectivity index (χ3n) is 3.75. The number of nitrogens with two attached hydrogens (primary N) is 1. The Labute approximate surface area is 119 Å². The number of hydrogen-bond acceptors (Lipinski definition) is 6. The average molecular weight is 278 g/mol. The van der Waals surface area contributed by atoms with Gasteiger partial charge in [0.05, 0.1) is 12.8 Å². The Morgan fingerprint density at radius 2 is 2.35 bits per heavy atom. The summed E-state index contributed by atoms with van der Waals surface area (Å²) >= 11 is 0. The van der Waals surface area contributed by atoms with E-state index in [4.69, 9.17) is 5.73 Å². The smallest absolute Gasteiger partial charge is 0.356 e. The quantitative estimate of drug-likeness (QED) is 0.809. The van der Waals surface area contributed by atoms with E-state index in [0.29, 0.717) is 17.5 Å². The van der Waals surface area contributed by atoms with Gasteiger partial charge in [-0.3, -0.25) is 0 Å². The Bertz CT molecular complexity index is 478. The van der Waals surface area contributed by atoms with Gasteiger partial charge in [0, 0.05) is 12.6 Å². The molecule has 6 nitrogen and oxygen atoms in total. The largest absolute Gasteiger partial charge is 0.464 e. The Hall–Kier alpha value is -1.82. The summed E-state index contributed by atoms with van der Waals surface area (Å²) < 4.78 is 4.66. The van der Waals surface area contributed by atoms with Crippen LogP contribution >= 0.6 is 0 Å². The second-order valence-electron chi connectivity index (χ2n) is 5.14. The number of pyridine rings is 1. The first-order chi connectivity index (χ1) is 9.61. The van der Waals surface area contributed by atoms with E-state index in [-0.39, 0.29) is 5.69 Å². The van der Waals surface area contributed by atoms with Gasteiger partial charge in [-0.05, 0) is 38.6 Å². The highest BCUT2D eigenvalue weighted by molar-refractivity contribution is 5.88. The van der Waals surface area contributed by atoms with E-state index < -0.39 is 5.97 Å². The average Bonchev–Trinajstić information content (AvgIpc) is 2.47. The zero-order valence-electron chi connectivity index (χ0n) is 12.1. The van der Waals surface area contributed by atoms with Gasteiger partial charge >= 0.3 is 5.97 Å². The normalized spacial score (nSPS) is 19.6. The number of rotatable bonds is 4. The van der Waals surface area contributed by atoms with E-state index in [1.54, 1.807) is 12.1 Å². The van der Waals surface area contributed by atoms with Crippen LogP contribution in [0.1, 0.15) is 29.8 Å². The van der Waals surface area contributed by atoms with Crippen molar-refractivity contribution in [1.82, 2.24) is 9.88 Å². The predicted octanol–water partition coefficient (Wildman–Crippen LogP) is 1.35. The number of methoxy groups -OCH3 is 1. The van der Waals surface area contributed by atoms with Crippen molar-refractivity contribution in [2.24, 2.45) is 0 Å². The maximum atomic E-state index is 11.5. The molecule has 1 aromatic rings. The number of hydrogen-bond donors (Lipinski definition) is 2. The first-order valence-electron chi connectivity index (χ1n) is 6.90. The van der Waals surface area contributed by atoms with Crippen molar-refractivity contribution in [3.8, 4) is 0 Å². The second kappa shape index (κ2) is 6.56. The highest BCUT2D eigenvalue weighted by Gasteiger charge is 2.19. The summed E-state index contributed by atoms with van der Waals surface area (Å²) in [6, 6.07) is 3.72. The van der Waals surface area contributed by atoms with E-state index in [1.165, 1.54) is 26.4 Å². The molecule has 6 heteroatoms. The van der Waals surface area contributed by atoms with E-state index >= 15 is 0 Å². The van der Waals surface area contributed by atoms with Gasteiger partial charge in [0.2, 0.25) is 0 Å². The van der Waals surface area contributed by atoms with Crippen LogP contribution in [0.3, 0.4) is 0 Å². The van der Waals surface area contributed by atoms with E-state index in [1.807, 2.05) is 0 Å². The number of aromatic nitrogens is 1. The molecule has 0 bridgehead atoms. The van der Waals surface area contributed by atoms with Crippen molar-refractivity contribution in [1.29, 1.82) is 0 Å². The number of nitrogens with one attached hydrogen (secondary N) is 1. The van der Waals surface area contributed by atoms with Crippen LogP contribution in [0.4, 0.5) is 11.5 Å². The zero-order chi connectivity index (χ0) is 14.5. The molecule has 0 aliphatic carbocycles. The standard InChI is InChI=1S/C14H22N4O2/c1-18-8-4-3-5-10(18)9-16-13-11(15)6-7-12(17-13)14(19)20-2/h6-7,10H,3-5,8-9,15H2,1-2H3,(H,16,17). The minimum atomic E-state index is -0.456. The number of ether oxygens (including phenoxy) is 1. The first-order valence-corrected chi connectivity index (χ1v) is 6.90. The van der Waals surface area contributed by atoms with Crippen LogP contribution < -0.4 is 11.1 Å². The molecule has 1 fully saturated rings. The van der Waals surface area contributed by atoms with Crippen LogP contribution in [0.15, 0.2) is 12.1 Å². The molecule has 0 radical (unpaired) electrons. The summed E-state index contributed by atoms with van der Waals surface area (Å²) in [4.78, 5) is 18.0. The number of nitrogen functional groups attached to an aromatic ring is 1. The summed E-state index contributed by atoms with van der Waals surface area (Å²) in [5.74, 6) is 0.0923. The molecular weight excluding hydrogens is 256 g/mol. The van der Waals surface area contributed by atoms with E-state index in [0.717, 1.165) is 13.1 Å². The fourth-order valence-electron chi connectivity index (χ4n) is 2.45. The third kappa shape index (κ3) is 3.39. The number of carbonyl (C=O) groups excluding carboxylic acids is 1. The summed E-state index contributed by atoms with van der Waals surface area (Å²) in [6.07, 6.45) is 3.67. The van der Waals surface area contributed by atoms with Gasteiger partial charge in [-0.1, -0.05) is 6.42 Å². The summed E-state index contributed by atoms with van der Waals surface area (Å²) in [7, 11) is 3.47. The van der Waals surface area contributed by atoms with Gasteiger partial charge in [-0.15, -0.1) is 0 Å². The third-order valence-corrected chi connectivity index (χ3v) is 3.75. The molecule has 0 spiro atoms. The van der Waals surface area contributed by atoms with E-state index in [9.17, 15) is 4.79 Å². The first kappa shape index (κ1) is 14.6. The van der Waals surface area contributed by atoms with Gasteiger partial charge < -0.3 is 20.7 Å². The maximum Gasteiger partial charge on any atom is 0.356 e. The zero-order valence-corrected chi connectivity index (χ0v) is 12.1. The fraction of sp³-hybridized carbons (Fsp3) is 0.571. The second-order valence-corrected chi connectivity index (χ2v) is 5.14. The van der Waals surface area contributed by atoms with E-state index in [2.05, 4.69) is 27.0 Å². The van der Waals surface area contributed by atoms with Crippen molar-refractivity contribution in [3.63, 3.8) is 0 Å². The molecule has 1 aliphatic rings. The molecule has 1 aromatic heterocycles. The molecule has 0 aromatic carbocycles. The summed E-state index contributed by atoms with van der Waals surface area (Å²) in [5, 5.41) is 3.25.